The number of aromatic amines is 1. The molecule has 0 saturated carbocycles. The molecule has 0 saturated heterocycles. The van der Waals surface area contributed by atoms with Gasteiger partial charge in [0.1, 0.15) is 5.82 Å². The van der Waals surface area contributed by atoms with E-state index in [-0.39, 0.29) is 6.04 Å². The molecular formula is C19H24N6O. The number of aryl methyl sites for hydroxylation is 1. The van der Waals surface area contributed by atoms with Gasteiger partial charge in [0.05, 0.1) is 17.7 Å². The van der Waals surface area contributed by atoms with Crippen LogP contribution in [0.5, 0.6) is 0 Å². The van der Waals surface area contributed by atoms with Crippen LogP contribution in [0.3, 0.4) is 0 Å². The van der Waals surface area contributed by atoms with Crippen molar-refractivity contribution in [3.05, 3.63) is 47.1 Å². The summed E-state index contributed by atoms with van der Waals surface area (Å²) in [7, 11) is 0. The minimum Gasteiger partial charge on any atom is -0.461 e. The first kappa shape index (κ1) is 16.8. The number of hydrogen-bond acceptors (Lipinski definition) is 6. The Labute approximate surface area is 152 Å². The number of fused-ring (bicyclic) bond motifs is 1. The maximum atomic E-state index is 5.52. The van der Waals surface area contributed by atoms with E-state index >= 15 is 0 Å². The van der Waals surface area contributed by atoms with Crippen LogP contribution in [-0.2, 0) is 19.3 Å². The van der Waals surface area contributed by atoms with E-state index in [0.29, 0.717) is 11.6 Å². The highest BCUT2D eigenvalue weighted by molar-refractivity contribution is 5.56. The minimum atomic E-state index is 0.206. The summed E-state index contributed by atoms with van der Waals surface area (Å²) in [5, 5.41) is 14.4. The zero-order valence-electron chi connectivity index (χ0n) is 15.2. The standard InChI is InChI=1S/C19H24N6O/c1-12(10-14-11-13(2)24-25-14)21-18-15-5-7-20-8-6-16(15)22-19(23-18)17-4-3-9-26-17/h3-4,9,11-12,20H,5-8,10H2,1-2H3,(H,24,25)(H,21,22,23)/t12-/m1/s1. The third-order valence-corrected chi connectivity index (χ3v) is 4.58. The zero-order chi connectivity index (χ0) is 17.9. The molecule has 0 aromatic carbocycles. The third kappa shape index (κ3) is 3.62. The molecule has 0 radical (unpaired) electrons. The topological polar surface area (TPSA) is 91.7 Å². The van der Waals surface area contributed by atoms with E-state index in [0.717, 1.165) is 55.3 Å². The van der Waals surface area contributed by atoms with Crippen LogP contribution in [0.2, 0.25) is 0 Å². The molecule has 0 unspecified atom stereocenters. The highest BCUT2D eigenvalue weighted by Crippen LogP contribution is 2.25. The zero-order valence-corrected chi connectivity index (χ0v) is 15.2. The van der Waals surface area contributed by atoms with Gasteiger partial charge < -0.3 is 15.1 Å². The van der Waals surface area contributed by atoms with Crippen LogP contribution in [0.1, 0.15) is 29.6 Å². The average Bonchev–Trinajstić information content (AvgIpc) is 3.22. The van der Waals surface area contributed by atoms with E-state index in [9.17, 15) is 0 Å². The number of aromatic nitrogens is 4. The maximum absolute atomic E-state index is 5.52. The summed E-state index contributed by atoms with van der Waals surface area (Å²) in [6, 6.07) is 6.05. The molecule has 4 rings (SSSR count). The van der Waals surface area contributed by atoms with Crippen molar-refractivity contribution in [2.45, 2.75) is 39.2 Å². The second kappa shape index (κ2) is 7.29. The summed E-state index contributed by atoms with van der Waals surface area (Å²) in [5.41, 5.74) is 4.43. The van der Waals surface area contributed by atoms with Gasteiger partial charge in [-0.25, -0.2) is 9.97 Å². The van der Waals surface area contributed by atoms with Gasteiger partial charge in [-0.15, -0.1) is 0 Å². The molecule has 1 aliphatic rings. The van der Waals surface area contributed by atoms with Crippen molar-refractivity contribution < 1.29 is 4.42 Å². The molecule has 136 valence electrons. The lowest BCUT2D eigenvalue weighted by Crippen LogP contribution is -2.21. The Hall–Kier alpha value is -2.67. The van der Waals surface area contributed by atoms with Gasteiger partial charge in [-0.05, 0) is 45.0 Å². The van der Waals surface area contributed by atoms with Crippen LogP contribution >= 0.6 is 0 Å². The molecule has 3 aromatic heterocycles. The average molecular weight is 352 g/mol. The van der Waals surface area contributed by atoms with Crippen molar-refractivity contribution in [1.29, 1.82) is 0 Å². The largest absolute Gasteiger partial charge is 0.461 e. The summed E-state index contributed by atoms with van der Waals surface area (Å²) in [6.07, 6.45) is 4.30. The highest BCUT2D eigenvalue weighted by atomic mass is 16.3. The van der Waals surface area contributed by atoms with Crippen molar-refractivity contribution >= 4 is 5.82 Å². The number of nitrogens with zero attached hydrogens (tertiary/aromatic N) is 3. The first-order valence-corrected chi connectivity index (χ1v) is 9.11. The number of hydrogen-bond donors (Lipinski definition) is 3. The van der Waals surface area contributed by atoms with Gasteiger partial charge in [0.25, 0.3) is 0 Å². The van der Waals surface area contributed by atoms with Gasteiger partial charge in [-0.2, -0.15) is 5.10 Å². The van der Waals surface area contributed by atoms with Crippen LogP contribution in [-0.4, -0.2) is 39.3 Å². The number of nitrogens with one attached hydrogen (secondary N) is 3. The maximum Gasteiger partial charge on any atom is 0.197 e. The smallest absolute Gasteiger partial charge is 0.197 e. The van der Waals surface area contributed by atoms with Crippen LogP contribution < -0.4 is 10.6 Å². The van der Waals surface area contributed by atoms with Crippen LogP contribution in [0, 0.1) is 6.92 Å². The normalized spacial score (nSPS) is 15.3. The SMILES string of the molecule is Cc1cc(C[C@@H](C)Nc2nc(-c3ccco3)nc3c2CCNCC3)n[nH]1. The van der Waals surface area contributed by atoms with Gasteiger partial charge in [-0.3, -0.25) is 5.10 Å². The number of rotatable bonds is 5. The van der Waals surface area contributed by atoms with E-state index in [2.05, 4.69) is 33.8 Å². The van der Waals surface area contributed by atoms with Gasteiger partial charge in [0.2, 0.25) is 0 Å². The Kier molecular flexibility index (Phi) is 4.71. The number of H-pyrrole nitrogens is 1. The van der Waals surface area contributed by atoms with Gasteiger partial charge in [-0.1, -0.05) is 0 Å². The molecule has 0 bridgehead atoms. The van der Waals surface area contributed by atoms with Crippen molar-refractivity contribution in [2.24, 2.45) is 0 Å². The lowest BCUT2D eigenvalue weighted by molar-refractivity contribution is 0.576. The van der Waals surface area contributed by atoms with E-state index in [1.165, 1.54) is 5.56 Å². The second-order valence-electron chi connectivity index (χ2n) is 6.84. The fourth-order valence-electron chi connectivity index (χ4n) is 3.36. The van der Waals surface area contributed by atoms with Gasteiger partial charge >= 0.3 is 0 Å². The van der Waals surface area contributed by atoms with E-state index < -0.39 is 0 Å². The fourth-order valence-corrected chi connectivity index (χ4v) is 3.36. The number of furan rings is 1. The van der Waals surface area contributed by atoms with Gasteiger partial charge in [0, 0.05) is 36.7 Å². The van der Waals surface area contributed by atoms with E-state index in [4.69, 9.17) is 14.4 Å². The monoisotopic (exact) mass is 352 g/mol. The van der Waals surface area contributed by atoms with Crippen molar-refractivity contribution in [1.82, 2.24) is 25.5 Å². The minimum absolute atomic E-state index is 0.206. The van der Waals surface area contributed by atoms with Crippen molar-refractivity contribution in [3.63, 3.8) is 0 Å². The molecule has 0 fully saturated rings. The predicted molar refractivity (Wildman–Crippen MR) is 100 cm³/mol. The summed E-state index contributed by atoms with van der Waals surface area (Å²) in [4.78, 5) is 9.55. The summed E-state index contributed by atoms with van der Waals surface area (Å²) >= 11 is 0. The first-order valence-electron chi connectivity index (χ1n) is 9.11. The van der Waals surface area contributed by atoms with Gasteiger partial charge in [0.15, 0.2) is 11.6 Å². The molecular weight excluding hydrogens is 328 g/mol. The summed E-state index contributed by atoms with van der Waals surface area (Å²) in [5.74, 6) is 2.24. The Morgan fingerprint density at radius 1 is 1.27 bits per heavy atom. The molecule has 26 heavy (non-hydrogen) atoms. The molecule has 1 atom stereocenters. The molecule has 0 amide bonds. The molecule has 3 N–H and O–H groups in total. The number of anilines is 1. The Morgan fingerprint density at radius 2 is 2.15 bits per heavy atom. The second-order valence-corrected chi connectivity index (χ2v) is 6.84. The van der Waals surface area contributed by atoms with Crippen molar-refractivity contribution in [3.8, 4) is 11.6 Å². The molecule has 1 aliphatic heterocycles. The Morgan fingerprint density at radius 3 is 2.92 bits per heavy atom. The molecule has 7 nitrogen and oxygen atoms in total. The first-order chi connectivity index (χ1) is 12.7. The molecule has 0 aliphatic carbocycles. The lowest BCUT2D eigenvalue weighted by atomic mass is 10.1. The molecule has 4 heterocycles. The molecule has 7 heteroatoms. The van der Waals surface area contributed by atoms with Crippen molar-refractivity contribution in [2.75, 3.05) is 18.4 Å². The summed E-state index contributed by atoms with van der Waals surface area (Å²) in [6.45, 7) is 6.04. The summed E-state index contributed by atoms with van der Waals surface area (Å²) < 4.78 is 5.52. The molecule has 0 spiro atoms. The Bertz CT molecular complexity index is 870. The van der Waals surface area contributed by atoms with Crippen LogP contribution in [0.15, 0.2) is 28.9 Å². The quantitative estimate of drug-likeness (QED) is 0.653. The Balaban J connectivity index is 1.63. The lowest BCUT2D eigenvalue weighted by Gasteiger charge is -2.18. The molecule has 3 aromatic rings. The highest BCUT2D eigenvalue weighted by Gasteiger charge is 2.19. The van der Waals surface area contributed by atoms with E-state index in [1.807, 2.05) is 19.1 Å². The van der Waals surface area contributed by atoms with E-state index in [1.54, 1.807) is 6.26 Å². The fraction of sp³-hybridized carbons (Fsp3) is 0.421. The predicted octanol–water partition coefficient (Wildman–Crippen LogP) is 2.50. The van der Waals surface area contributed by atoms with Crippen LogP contribution in [0.25, 0.3) is 11.6 Å². The third-order valence-electron chi connectivity index (χ3n) is 4.58. The van der Waals surface area contributed by atoms with Crippen LogP contribution in [0.4, 0.5) is 5.82 Å².